The van der Waals surface area contributed by atoms with E-state index in [2.05, 4.69) is 38.0 Å². The van der Waals surface area contributed by atoms with E-state index in [1.165, 1.54) is 35.0 Å². The first kappa shape index (κ1) is 44.2. The summed E-state index contributed by atoms with van der Waals surface area (Å²) in [5.74, 6) is -0.621. The lowest BCUT2D eigenvalue weighted by Crippen LogP contribution is -2.46. The maximum Gasteiger partial charge on any atom is 0.293 e. The van der Waals surface area contributed by atoms with Gasteiger partial charge in [-0.1, -0.05) is 66.2 Å². The molecule has 0 radical (unpaired) electrons. The summed E-state index contributed by atoms with van der Waals surface area (Å²) in [6.45, 7) is 9.74. The Labute approximate surface area is 361 Å². The number of carbonyl (C=O) groups excluding carboxylic acids is 2. The summed E-state index contributed by atoms with van der Waals surface area (Å²) in [4.78, 5) is 44.9. The van der Waals surface area contributed by atoms with Crippen LogP contribution < -0.4 is 14.9 Å². The number of hydrogen-bond acceptors (Lipinski definition) is 10. The van der Waals surface area contributed by atoms with Crippen LogP contribution in [0.1, 0.15) is 43.1 Å². The minimum atomic E-state index is -4.51. The first-order chi connectivity index (χ1) is 28.6. The van der Waals surface area contributed by atoms with E-state index in [1.807, 2.05) is 81.4 Å². The molecule has 0 bridgehead atoms. The quantitative estimate of drug-likeness (QED) is 0.0597. The van der Waals surface area contributed by atoms with E-state index in [4.69, 9.17) is 11.6 Å². The SMILES string of the molecule is CN(C(=O)CC(CSc1ccccc1)Nc1ccc(S(=O)(=O)NC(=O)c2ccc(N3CCN(Cc4ccccc4-c4ccc(Cl)cc4)CC3)cc2)cc1[N+](=O)[O-])C(C)(C)C. The summed E-state index contributed by atoms with van der Waals surface area (Å²) in [6.07, 6.45) is 0.0384. The van der Waals surface area contributed by atoms with Gasteiger partial charge < -0.3 is 15.1 Å². The fourth-order valence-electron chi connectivity index (χ4n) is 6.80. The van der Waals surface area contributed by atoms with Gasteiger partial charge in [0.05, 0.1) is 9.82 Å². The number of benzene rings is 5. The minimum Gasteiger partial charge on any atom is -0.375 e. The van der Waals surface area contributed by atoms with Crippen molar-refractivity contribution in [2.75, 3.05) is 49.2 Å². The number of piperazine rings is 1. The Bertz CT molecular complexity index is 2400. The zero-order chi connectivity index (χ0) is 43.0. The van der Waals surface area contributed by atoms with E-state index in [0.29, 0.717) is 10.8 Å². The summed E-state index contributed by atoms with van der Waals surface area (Å²) < 4.78 is 28.9. The topological polar surface area (TPSA) is 145 Å². The van der Waals surface area contributed by atoms with Crippen molar-refractivity contribution in [1.82, 2.24) is 14.5 Å². The molecule has 1 heterocycles. The van der Waals surface area contributed by atoms with Gasteiger partial charge in [0.1, 0.15) is 5.69 Å². The van der Waals surface area contributed by atoms with E-state index in [1.54, 1.807) is 36.2 Å². The molecule has 15 heteroatoms. The third kappa shape index (κ3) is 11.4. The lowest BCUT2D eigenvalue weighted by Gasteiger charge is -2.36. The van der Waals surface area contributed by atoms with Crippen molar-refractivity contribution < 1.29 is 22.9 Å². The fourth-order valence-corrected chi connectivity index (χ4v) is 8.86. The third-order valence-electron chi connectivity index (χ3n) is 10.5. The van der Waals surface area contributed by atoms with Crippen molar-refractivity contribution in [3.05, 3.63) is 148 Å². The predicted molar refractivity (Wildman–Crippen MR) is 240 cm³/mol. The number of amides is 2. The van der Waals surface area contributed by atoms with Crippen LogP contribution in [0.3, 0.4) is 0 Å². The van der Waals surface area contributed by atoms with E-state index in [9.17, 15) is 28.1 Å². The van der Waals surface area contributed by atoms with Crippen LogP contribution in [0.4, 0.5) is 17.1 Å². The molecule has 5 aromatic rings. The van der Waals surface area contributed by atoms with Gasteiger partial charge in [0.15, 0.2) is 0 Å². The first-order valence-corrected chi connectivity index (χ1v) is 22.4. The molecule has 2 amide bonds. The number of nitrogens with one attached hydrogen (secondary N) is 2. The molecule has 1 fully saturated rings. The number of hydrogen-bond donors (Lipinski definition) is 2. The molecule has 0 spiro atoms. The zero-order valence-corrected chi connectivity index (χ0v) is 36.4. The number of anilines is 2. The first-order valence-electron chi connectivity index (χ1n) is 19.6. The summed E-state index contributed by atoms with van der Waals surface area (Å²) in [5.41, 5.74) is 3.65. The Morgan fingerprint density at radius 1 is 0.883 bits per heavy atom. The number of sulfonamides is 1. The molecule has 1 unspecified atom stereocenters. The van der Waals surface area contributed by atoms with Crippen LogP contribution in [0.5, 0.6) is 0 Å². The summed E-state index contributed by atoms with van der Waals surface area (Å²) in [6, 6.07) is 35.4. The van der Waals surface area contributed by atoms with Gasteiger partial charge in [0.25, 0.3) is 21.6 Å². The highest BCUT2D eigenvalue weighted by atomic mass is 35.5. The fraction of sp³-hybridized carbons (Fsp3) is 0.289. The number of nitro benzene ring substituents is 1. The largest absolute Gasteiger partial charge is 0.375 e. The molecule has 0 saturated carbocycles. The van der Waals surface area contributed by atoms with Gasteiger partial charge in [0, 0.05) is 90.8 Å². The molecular formula is C45H49ClN6O6S2. The number of carbonyl (C=O) groups is 2. The van der Waals surface area contributed by atoms with Crippen LogP contribution in [-0.4, -0.2) is 85.5 Å². The molecule has 1 atom stereocenters. The highest BCUT2D eigenvalue weighted by molar-refractivity contribution is 7.99. The second kappa shape index (κ2) is 19.3. The van der Waals surface area contributed by atoms with Crippen LogP contribution in [0.15, 0.2) is 131 Å². The van der Waals surface area contributed by atoms with E-state index >= 15 is 0 Å². The number of thioether (sulfide) groups is 1. The van der Waals surface area contributed by atoms with Gasteiger partial charge in [-0.25, -0.2) is 13.1 Å². The molecular weight excluding hydrogens is 820 g/mol. The Morgan fingerprint density at radius 2 is 1.53 bits per heavy atom. The van der Waals surface area contributed by atoms with E-state index in [-0.39, 0.29) is 23.6 Å². The maximum atomic E-state index is 13.4. The Morgan fingerprint density at radius 3 is 2.18 bits per heavy atom. The monoisotopic (exact) mass is 868 g/mol. The third-order valence-corrected chi connectivity index (χ3v) is 13.2. The molecule has 6 rings (SSSR count). The highest BCUT2D eigenvalue weighted by Gasteiger charge is 2.29. The lowest BCUT2D eigenvalue weighted by atomic mass is 9.99. The van der Waals surface area contributed by atoms with Crippen LogP contribution >= 0.6 is 23.4 Å². The number of nitrogens with zero attached hydrogens (tertiary/aromatic N) is 4. The molecule has 0 aliphatic carbocycles. The summed E-state index contributed by atoms with van der Waals surface area (Å²) in [7, 11) is -2.79. The smallest absolute Gasteiger partial charge is 0.293 e. The van der Waals surface area contributed by atoms with Crippen LogP contribution in [0.25, 0.3) is 11.1 Å². The minimum absolute atomic E-state index is 0.0384. The van der Waals surface area contributed by atoms with Gasteiger partial charge in [-0.3, -0.25) is 24.6 Å². The zero-order valence-electron chi connectivity index (χ0n) is 34.0. The molecule has 0 aromatic heterocycles. The molecule has 314 valence electrons. The van der Waals surface area contributed by atoms with Crippen molar-refractivity contribution in [3.63, 3.8) is 0 Å². The molecule has 60 heavy (non-hydrogen) atoms. The van der Waals surface area contributed by atoms with Crippen molar-refractivity contribution >= 4 is 62.3 Å². The van der Waals surface area contributed by atoms with Gasteiger partial charge in [-0.15, -0.1) is 11.8 Å². The van der Waals surface area contributed by atoms with Crippen molar-refractivity contribution in [2.45, 2.75) is 55.1 Å². The lowest BCUT2D eigenvalue weighted by molar-refractivity contribution is -0.384. The van der Waals surface area contributed by atoms with Gasteiger partial charge in [0.2, 0.25) is 5.91 Å². The highest BCUT2D eigenvalue weighted by Crippen LogP contribution is 2.31. The second-order valence-corrected chi connectivity index (χ2v) is 18.9. The van der Waals surface area contributed by atoms with Gasteiger partial charge in [-0.2, -0.15) is 0 Å². The number of rotatable bonds is 15. The molecule has 1 aliphatic rings. The molecule has 1 aliphatic heterocycles. The van der Waals surface area contributed by atoms with Gasteiger partial charge >= 0.3 is 0 Å². The van der Waals surface area contributed by atoms with Crippen LogP contribution in [0.2, 0.25) is 5.02 Å². The normalized spacial score (nSPS) is 14.0. The number of halogens is 1. The average Bonchev–Trinajstić information content (AvgIpc) is 3.23. The van der Waals surface area contributed by atoms with E-state index < -0.39 is 43.0 Å². The van der Waals surface area contributed by atoms with Crippen LogP contribution in [0, 0.1) is 10.1 Å². The molecule has 1 saturated heterocycles. The van der Waals surface area contributed by atoms with Crippen molar-refractivity contribution in [1.29, 1.82) is 0 Å². The Balaban J connectivity index is 1.08. The maximum absolute atomic E-state index is 13.4. The number of nitro groups is 1. The van der Waals surface area contributed by atoms with E-state index in [0.717, 1.165) is 54.9 Å². The summed E-state index contributed by atoms with van der Waals surface area (Å²) >= 11 is 7.61. The molecule has 12 nitrogen and oxygen atoms in total. The van der Waals surface area contributed by atoms with Crippen molar-refractivity contribution in [2.24, 2.45) is 0 Å². The van der Waals surface area contributed by atoms with Crippen molar-refractivity contribution in [3.8, 4) is 11.1 Å². The Hall–Kier alpha value is -5.41. The molecule has 5 aromatic carbocycles. The summed E-state index contributed by atoms with van der Waals surface area (Å²) in [5, 5.41) is 16.1. The molecule has 2 N–H and O–H groups in total. The second-order valence-electron chi connectivity index (χ2n) is 15.6. The van der Waals surface area contributed by atoms with Crippen LogP contribution in [-0.2, 0) is 21.4 Å². The average molecular weight is 870 g/mol. The Kier molecular flexibility index (Phi) is 14.2. The van der Waals surface area contributed by atoms with Gasteiger partial charge in [-0.05, 0) is 98.1 Å². The predicted octanol–water partition coefficient (Wildman–Crippen LogP) is 8.58. The standard InChI is InChI=1S/C45H49ClN6O6S2/c1-45(2,3)49(4)43(53)28-36(31-59-38-11-6-5-7-12-38)47-41-23-22-39(29-42(41)52(55)56)60(57,58)48-44(54)33-16-20-37(21-17-33)51-26-24-50(25-27-51)30-34-10-8-9-13-40(34)32-14-18-35(46)19-15-32/h5-23,29,36,47H,24-28,30-31H2,1-4H3,(H,48,54).